The molecule has 2 rings (SSSR count). The largest absolute Gasteiger partial charge is 0.377 e. The summed E-state index contributed by atoms with van der Waals surface area (Å²) in [6, 6.07) is 5.41. The molecule has 0 spiro atoms. The Morgan fingerprint density at radius 2 is 1.91 bits per heavy atom. The van der Waals surface area contributed by atoms with Crippen molar-refractivity contribution in [2.45, 2.75) is 30.8 Å². The second-order valence-electron chi connectivity index (χ2n) is 5.15. The molecule has 8 nitrogen and oxygen atoms in total. The molecule has 0 saturated carbocycles. The van der Waals surface area contributed by atoms with Crippen LogP contribution in [0.2, 0.25) is 0 Å². The van der Waals surface area contributed by atoms with E-state index in [-0.39, 0.29) is 23.1 Å². The molecule has 23 heavy (non-hydrogen) atoms. The van der Waals surface area contributed by atoms with E-state index >= 15 is 0 Å². The van der Waals surface area contributed by atoms with Crippen LogP contribution in [0, 0.1) is 0 Å². The average Bonchev–Trinajstić information content (AvgIpc) is 3.04. The predicted molar refractivity (Wildman–Crippen MR) is 81.9 cm³/mol. The molecular weight excluding hydrogens is 322 g/mol. The Labute approximate surface area is 134 Å². The van der Waals surface area contributed by atoms with E-state index in [4.69, 9.17) is 4.74 Å². The lowest BCUT2D eigenvalue weighted by atomic mass is 10.2. The molecule has 1 aliphatic heterocycles. The number of sulfonamides is 1. The van der Waals surface area contributed by atoms with Gasteiger partial charge in [0.25, 0.3) is 5.91 Å². The monoisotopic (exact) mass is 341 g/mol. The molecule has 9 heteroatoms. The highest BCUT2D eigenvalue weighted by Gasteiger charge is 2.20. The second kappa shape index (κ2) is 7.53. The minimum Gasteiger partial charge on any atom is -0.377 e. The number of benzene rings is 1. The van der Waals surface area contributed by atoms with Crippen LogP contribution in [0.1, 0.15) is 30.1 Å². The fourth-order valence-electron chi connectivity index (χ4n) is 2.09. The second-order valence-corrected chi connectivity index (χ2v) is 6.91. The van der Waals surface area contributed by atoms with Crippen LogP contribution in [0.4, 0.5) is 0 Å². The van der Waals surface area contributed by atoms with Crippen molar-refractivity contribution >= 4 is 21.8 Å². The number of nitrogens with one attached hydrogen (secondary N) is 3. The quantitative estimate of drug-likeness (QED) is 0.649. The predicted octanol–water partition coefficient (Wildman–Crippen LogP) is -0.0752. The maximum atomic E-state index is 12.2. The number of carbonyl (C=O) groups excluding carboxylic acids is 2. The lowest BCUT2D eigenvalue weighted by Crippen LogP contribution is -2.40. The van der Waals surface area contributed by atoms with Crippen LogP contribution < -0.4 is 15.6 Å². The highest BCUT2D eigenvalue weighted by molar-refractivity contribution is 7.89. The summed E-state index contributed by atoms with van der Waals surface area (Å²) >= 11 is 0. The molecule has 126 valence electrons. The van der Waals surface area contributed by atoms with Crippen molar-refractivity contribution in [3.63, 3.8) is 0 Å². The smallest absolute Gasteiger partial charge is 0.269 e. The first-order valence-corrected chi connectivity index (χ1v) is 8.65. The van der Waals surface area contributed by atoms with E-state index in [0.29, 0.717) is 6.61 Å². The highest BCUT2D eigenvalue weighted by Crippen LogP contribution is 2.14. The van der Waals surface area contributed by atoms with E-state index in [1.54, 1.807) is 0 Å². The van der Waals surface area contributed by atoms with Gasteiger partial charge in [-0.25, -0.2) is 13.1 Å². The van der Waals surface area contributed by atoms with Crippen LogP contribution >= 0.6 is 0 Å². The third-order valence-corrected chi connectivity index (χ3v) is 4.74. The SMILES string of the molecule is CC(=O)NNC(=O)c1ccc(S(=O)(=O)NCC2CCCO2)cc1. The van der Waals surface area contributed by atoms with Gasteiger partial charge in [0.05, 0.1) is 11.0 Å². The maximum Gasteiger partial charge on any atom is 0.269 e. The molecule has 1 aliphatic rings. The van der Waals surface area contributed by atoms with Crippen molar-refractivity contribution < 1.29 is 22.7 Å². The van der Waals surface area contributed by atoms with Gasteiger partial charge >= 0.3 is 0 Å². The summed E-state index contributed by atoms with van der Waals surface area (Å²) in [5.74, 6) is -0.938. The molecule has 1 fully saturated rings. The van der Waals surface area contributed by atoms with Crippen LogP contribution in [-0.2, 0) is 19.6 Å². The zero-order valence-corrected chi connectivity index (χ0v) is 13.5. The van der Waals surface area contributed by atoms with Gasteiger partial charge in [-0.05, 0) is 37.1 Å². The van der Waals surface area contributed by atoms with Crippen LogP contribution in [0.3, 0.4) is 0 Å². The standard InChI is InChI=1S/C14H19N3O5S/c1-10(18)16-17-14(19)11-4-6-13(7-5-11)23(20,21)15-9-12-3-2-8-22-12/h4-7,12,15H,2-3,8-9H2,1H3,(H,16,18)(H,17,19). The fourth-order valence-corrected chi connectivity index (χ4v) is 3.16. The van der Waals surface area contributed by atoms with Gasteiger partial charge in [-0.15, -0.1) is 0 Å². The number of hydrogen-bond donors (Lipinski definition) is 3. The number of amides is 2. The Bertz CT molecular complexity index is 666. The van der Waals surface area contributed by atoms with E-state index < -0.39 is 21.8 Å². The summed E-state index contributed by atoms with van der Waals surface area (Å²) in [6.07, 6.45) is 1.68. The lowest BCUT2D eigenvalue weighted by molar-refractivity contribution is -0.119. The number of rotatable bonds is 5. The minimum absolute atomic E-state index is 0.0616. The van der Waals surface area contributed by atoms with E-state index in [9.17, 15) is 18.0 Å². The molecule has 1 aromatic carbocycles. The highest BCUT2D eigenvalue weighted by atomic mass is 32.2. The summed E-state index contributed by atoms with van der Waals surface area (Å²) in [7, 11) is -3.65. The zero-order chi connectivity index (χ0) is 16.9. The Kier molecular flexibility index (Phi) is 5.69. The molecule has 1 heterocycles. The van der Waals surface area contributed by atoms with E-state index in [2.05, 4.69) is 15.6 Å². The van der Waals surface area contributed by atoms with Crippen LogP contribution in [0.5, 0.6) is 0 Å². The summed E-state index contributed by atoms with van der Waals surface area (Å²) in [6.45, 7) is 2.15. The van der Waals surface area contributed by atoms with Crippen molar-refractivity contribution in [1.29, 1.82) is 0 Å². The van der Waals surface area contributed by atoms with E-state index in [1.165, 1.54) is 31.2 Å². The molecular formula is C14H19N3O5S. The molecule has 0 aliphatic carbocycles. The first-order valence-electron chi connectivity index (χ1n) is 7.17. The first-order chi connectivity index (χ1) is 10.9. The lowest BCUT2D eigenvalue weighted by Gasteiger charge is -2.11. The van der Waals surface area contributed by atoms with Crippen molar-refractivity contribution in [1.82, 2.24) is 15.6 Å². The minimum atomic E-state index is -3.65. The fraction of sp³-hybridized carbons (Fsp3) is 0.429. The van der Waals surface area contributed by atoms with Crippen molar-refractivity contribution in [3.8, 4) is 0 Å². The summed E-state index contributed by atoms with van der Waals surface area (Å²) < 4.78 is 32.2. The summed E-state index contributed by atoms with van der Waals surface area (Å²) in [5.41, 5.74) is 4.59. The zero-order valence-electron chi connectivity index (χ0n) is 12.7. The first kappa shape index (κ1) is 17.4. The number of carbonyl (C=O) groups is 2. The number of hydrazine groups is 1. The topological polar surface area (TPSA) is 114 Å². The Morgan fingerprint density at radius 1 is 1.22 bits per heavy atom. The molecule has 0 radical (unpaired) electrons. The van der Waals surface area contributed by atoms with Crippen molar-refractivity contribution in [2.75, 3.05) is 13.2 Å². The van der Waals surface area contributed by atoms with Crippen LogP contribution in [0.15, 0.2) is 29.2 Å². The van der Waals surface area contributed by atoms with Gasteiger partial charge < -0.3 is 4.74 Å². The van der Waals surface area contributed by atoms with Gasteiger partial charge in [0, 0.05) is 25.6 Å². The summed E-state index contributed by atoms with van der Waals surface area (Å²) in [5, 5.41) is 0. The molecule has 0 aromatic heterocycles. The van der Waals surface area contributed by atoms with Gasteiger partial charge in [-0.2, -0.15) is 0 Å². The van der Waals surface area contributed by atoms with Crippen LogP contribution in [0.25, 0.3) is 0 Å². The van der Waals surface area contributed by atoms with Gasteiger partial charge in [0.1, 0.15) is 0 Å². The van der Waals surface area contributed by atoms with Gasteiger partial charge in [0.2, 0.25) is 15.9 Å². The maximum absolute atomic E-state index is 12.2. The van der Waals surface area contributed by atoms with Crippen molar-refractivity contribution in [2.24, 2.45) is 0 Å². The summed E-state index contributed by atoms with van der Waals surface area (Å²) in [4.78, 5) is 22.5. The van der Waals surface area contributed by atoms with Gasteiger partial charge in [0.15, 0.2) is 0 Å². The van der Waals surface area contributed by atoms with Crippen molar-refractivity contribution in [3.05, 3.63) is 29.8 Å². The molecule has 0 bridgehead atoms. The average molecular weight is 341 g/mol. The molecule has 1 unspecified atom stereocenters. The number of hydrogen-bond acceptors (Lipinski definition) is 5. The molecule has 1 aromatic rings. The van der Waals surface area contributed by atoms with E-state index in [0.717, 1.165) is 12.8 Å². The van der Waals surface area contributed by atoms with Crippen LogP contribution in [-0.4, -0.2) is 39.5 Å². The number of ether oxygens (including phenoxy) is 1. The van der Waals surface area contributed by atoms with Gasteiger partial charge in [-0.1, -0.05) is 0 Å². The third-order valence-electron chi connectivity index (χ3n) is 3.30. The molecule has 1 saturated heterocycles. The molecule has 2 amide bonds. The Hall–Kier alpha value is -1.97. The molecule has 3 N–H and O–H groups in total. The third kappa shape index (κ3) is 5.02. The molecule has 1 atom stereocenters. The normalized spacial score (nSPS) is 17.7. The van der Waals surface area contributed by atoms with E-state index in [1.807, 2.05) is 0 Å². The Morgan fingerprint density at radius 3 is 2.48 bits per heavy atom. The Balaban J connectivity index is 1.97. The van der Waals surface area contributed by atoms with Gasteiger partial charge in [-0.3, -0.25) is 20.4 Å².